The van der Waals surface area contributed by atoms with Crippen LogP contribution in [-0.4, -0.2) is 13.3 Å². The van der Waals surface area contributed by atoms with Crippen LogP contribution in [0.3, 0.4) is 0 Å². The summed E-state index contributed by atoms with van der Waals surface area (Å²) >= 11 is 3.45. The van der Waals surface area contributed by atoms with Gasteiger partial charge in [-0.05, 0) is 47.5 Å². The lowest BCUT2D eigenvalue weighted by Crippen LogP contribution is -1.99. The molecule has 0 saturated heterocycles. The van der Waals surface area contributed by atoms with E-state index in [1.807, 2.05) is 66.7 Å². The number of benzene rings is 3. The number of furan rings is 1. The molecule has 0 saturated carbocycles. The van der Waals surface area contributed by atoms with Gasteiger partial charge in [0, 0.05) is 10.7 Å². The van der Waals surface area contributed by atoms with E-state index >= 15 is 0 Å². The summed E-state index contributed by atoms with van der Waals surface area (Å²) in [6, 6.07) is 22.5. The molecule has 5 rings (SSSR count). The highest BCUT2D eigenvalue weighted by Gasteiger charge is 2.22. The van der Waals surface area contributed by atoms with E-state index in [0.717, 1.165) is 26.7 Å². The van der Waals surface area contributed by atoms with Crippen LogP contribution in [0.5, 0.6) is 5.75 Å². The van der Waals surface area contributed by atoms with E-state index in [0.29, 0.717) is 28.0 Å². The number of rotatable bonds is 4. The minimum absolute atomic E-state index is 0.337. The molecular formula is C25H16BrNO4. The van der Waals surface area contributed by atoms with Crippen molar-refractivity contribution in [1.29, 1.82) is 0 Å². The third-order valence-corrected chi connectivity index (χ3v) is 5.51. The average Bonchev–Trinajstić information content (AvgIpc) is 3.19. The van der Waals surface area contributed by atoms with Crippen molar-refractivity contribution in [2.75, 3.05) is 7.11 Å². The van der Waals surface area contributed by atoms with Gasteiger partial charge >= 0.3 is 5.63 Å². The molecule has 0 aliphatic rings. The summed E-state index contributed by atoms with van der Waals surface area (Å²) in [5, 5.41) is 1.09. The van der Waals surface area contributed by atoms with Crippen LogP contribution in [0.25, 0.3) is 33.1 Å². The molecule has 5 aromatic rings. The number of hydrogen-bond acceptors (Lipinski definition) is 5. The van der Waals surface area contributed by atoms with Gasteiger partial charge in [0.2, 0.25) is 5.88 Å². The molecule has 0 fully saturated rings. The third kappa shape index (κ3) is 3.55. The van der Waals surface area contributed by atoms with Crippen LogP contribution in [0, 0.1) is 0 Å². The lowest BCUT2D eigenvalue weighted by Gasteiger charge is -2.01. The Morgan fingerprint density at radius 1 is 0.968 bits per heavy atom. The molecule has 0 radical (unpaired) electrons. The number of para-hydroxylation sites is 1. The van der Waals surface area contributed by atoms with E-state index in [1.165, 1.54) is 0 Å². The fraction of sp³-hybridized carbons (Fsp3) is 0.0400. The first-order valence-corrected chi connectivity index (χ1v) is 10.4. The summed E-state index contributed by atoms with van der Waals surface area (Å²) in [6.45, 7) is 0. The lowest BCUT2D eigenvalue weighted by atomic mass is 10.0. The molecule has 0 N–H and O–H groups in total. The van der Waals surface area contributed by atoms with Crippen LogP contribution in [-0.2, 0) is 0 Å². The van der Waals surface area contributed by atoms with E-state index in [1.54, 1.807) is 19.4 Å². The maximum atomic E-state index is 12.9. The molecule has 31 heavy (non-hydrogen) atoms. The first-order chi connectivity index (χ1) is 15.1. The molecule has 5 nitrogen and oxygen atoms in total. The number of halogens is 1. The summed E-state index contributed by atoms with van der Waals surface area (Å²) < 4.78 is 17.9. The third-order valence-electron chi connectivity index (χ3n) is 4.99. The Bertz CT molecular complexity index is 1500. The summed E-state index contributed by atoms with van der Waals surface area (Å²) in [6.07, 6.45) is 1.69. The summed E-state index contributed by atoms with van der Waals surface area (Å²) in [5.74, 6) is 1.07. The first-order valence-electron chi connectivity index (χ1n) is 9.56. The SMILES string of the molecule is COc1cccc(/C=N/c2oc3c(c2-c2ccc(Br)cc2)c(=O)oc2ccccc23)c1. The maximum absolute atomic E-state index is 12.9. The Kier molecular flexibility index (Phi) is 4.92. The second kappa shape index (κ2) is 7.89. The standard InChI is InChI=1S/C25H16BrNO4/c1-29-18-6-4-5-15(13-18)14-27-24-21(16-9-11-17(26)12-10-16)22-23(31-24)19-7-2-3-8-20(19)30-25(22)28/h2-14H,1H3/b27-14+. The fourth-order valence-corrected chi connectivity index (χ4v) is 3.79. The van der Waals surface area contributed by atoms with Crippen LogP contribution in [0.4, 0.5) is 5.88 Å². The fourth-order valence-electron chi connectivity index (χ4n) is 3.53. The lowest BCUT2D eigenvalue weighted by molar-refractivity contribution is 0.415. The maximum Gasteiger partial charge on any atom is 0.348 e. The predicted octanol–water partition coefficient (Wildman–Crippen LogP) is 6.73. The van der Waals surface area contributed by atoms with Gasteiger partial charge in [-0.3, -0.25) is 0 Å². The highest BCUT2D eigenvalue weighted by atomic mass is 79.9. The topological polar surface area (TPSA) is 64.9 Å². The van der Waals surface area contributed by atoms with E-state index in [9.17, 15) is 4.79 Å². The van der Waals surface area contributed by atoms with Gasteiger partial charge < -0.3 is 13.6 Å². The van der Waals surface area contributed by atoms with Gasteiger partial charge in [0.25, 0.3) is 0 Å². The summed E-state index contributed by atoms with van der Waals surface area (Å²) in [7, 11) is 1.62. The van der Waals surface area contributed by atoms with Gasteiger partial charge in [0.1, 0.15) is 16.7 Å². The van der Waals surface area contributed by atoms with Crippen molar-refractivity contribution in [1.82, 2.24) is 0 Å². The molecular weight excluding hydrogens is 458 g/mol. The number of fused-ring (bicyclic) bond motifs is 3. The van der Waals surface area contributed by atoms with Crippen molar-refractivity contribution in [3.05, 3.63) is 93.3 Å². The van der Waals surface area contributed by atoms with Gasteiger partial charge in [-0.2, -0.15) is 0 Å². The number of nitrogens with zero attached hydrogens (tertiary/aromatic N) is 1. The van der Waals surface area contributed by atoms with Crippen molar-refractivity contribution < 1.29 is 13.6 Å². The second-order valence-corrected chi connectivity index (χ2v) is 7.83. The van der Waals surface area contributed by atoms with Crippen molar-refractivity contribution in [3.63, 3.8) is 0 Å². The second-order valence-electron chi connectivity index (χ2n) is 6.91. The summed E-state index contributed by atoms with van der Waals surface area (Å²) in [5.41, 5.74) is 2.72. The Morgan fingerprint density at radius 2 is 1.77 bits per heavy atom. The van der Waals surface area contributed by atoms with E-state index in [4.69, 9.17) is 13.6 Å². The molecule has 3 aromatic carbocycles. The highest BCUT2D eigenvalue weighted by Crippen LogP contribution is 2.41. The Labute approximate surface area is 185 Å². The highest BCUT2D eigenvalue weighted by molar-refractivity contribution is 9.10. The van der Waals surface area contributed by atoms with Crippen molar-refractivity contribution >= 4 is 50.0 Å². The quantitative estimate of drug-likeness (QED) is 0.214. The van der Waals surface area contributed by atoms with E-state index in [2.05, 4.69) is 20.9 Å². The van der Waals surface area contributed by atoms with Gasteiger partial charge in [-0.1, -0.05) is 52.3 Å². The molecule has 0 amide bonds. The summed E-state index contributed by atoms with van der Waals surface area (Å²) in [4.78, 5) is 17.5. The Balaban J connectivity index is 1.78. The van der Waals surface area contributed by atoms with Crippen LogP contribution < -0.4 is 10.4 Å². The molecule has 0 bridgehead atoms. The molecule has 2 aromatic heterocycles. The Hall–Kier alpha value is -3.64. The monoisotopic (exact) mass is 473 g/mol. The van der Waals surface area contributed by atoms with Crippen LogP contribution in [0.15, 0.2) is 95.9 Å². The minimum Gasteiger partial charge on any atom is -0.497 e. The molecule has 0 unspecified atom stereocenters. The molecule has 0 aliphatic heterocycles. The number of aliphatic imine (C=N–C) groups is 1. The smallest absolute Gasteiger partial charge is 0.348 e. The molecule has 0 atom stereocenters. The zero-order valence-electron chi connectivity index (χ0n) is 16.5. The van der Waals surface area contributed by atoms with Crippen molar-refractivity contribution in [2.24, 2.45) is 4.99 Å². The van der Waals surface area contributed by atoms with Crippen molar-refractivity contribution in [2.45, 2.75) is 0 Å². The van der Waals surface area contributed by atoms with Crippen LogP contribution >= 0.6 is 15.9 Å². The van der Waals surface area contributed by atoms with Crippen LogP contribution in [0.2, 0.25) is 0 Å². The molecule has 152 valence electrons. The Morgan fingerprint density at radius 3 is 2.58 bits per heavy atom. The van der Waals surface area contributed by atoms with Crippen LogP contribution in [0.1, 0.15) is 5.56 Å². The largest absolute Gasteiger partial charge is 0.497 e. The zero-order chi connectivity index (χ0) is 21.4. The van der Waals surface area contributed by atoms with Gasteiger partial charge in [0.15, 0.2) is 5.58 Å². The normalized spacial score (nSPS) is 11.5. The van der Waals surface area contributed by atoms with Gasteiger partial charge in [-0.25, -0.2) is 9.79 Å². The van der Waals surface area contributed by atoms with E-state index < -0.39 is 5.63 Å². The van der Waals surface area contributed by atoms with Crippen molar-refractivity contribution in [3.8, 4) is 16.9 Å². The molecule has 0 aliphatic carbocycles. The number of hydrogen-bond donors (Lipinski definition) is 0. The number of ether oxygens (including phenoxy) is 1. The average molecular weight is 474 g/mol. The molecule has 2 heterocycles. The number of methoxy groups -OCH3 is 1. The first kappa shape index (κ1) is 19.3. The predicted molar refractivity (Wildman–Crippen MR) is 126 cm³/mol. The molecule has 0 spiro atoms. The van der Waals surface area contributed by atoms with Gasteiger partial charge in [0.05, 0.1) is 18.1 Å². The zero-order valence-corrected chi connectivity index (χ0v) is 18.0. The van der Waals surface area contributed by atoms with Gasteiger partial charge in [-0.15, -0.1) is 0 Å². The minimum atomic E-state index is -0.460. The molecule has 6 heteroatoms. The van der Waals surface area contributed by atoms with E-state index in [-0.39, 0.29) is 0 Å².